The van der Waals surface area contributed by atoms with Crippen molar-refractivity contribution in [2.75, 3.05) is 19.8 Å². The molecule has 0 aliphatic heterocycles. The van der Waals surface area contributed by atoms with Gasteiger partial charge in [0.2, 0.25) is 0 Å². The summed E-state index contributed by atoms with van der Waals surface area (Å²) in [5.41, 5.74) is 2.67. The Hall–Kier alpha value is -2.89. The molecule has 0 atom stereocenters. The Kier molecular flexibility index (Phi) is 7.99. The smallest absolute Gasteiger partial charge is 0.307 e. The first-order valence-corrected chi connectivity index (χ1v) is 9.27. The number of carbonyl (C=O) groups excluding carboxylic acids is 2. The van der Waals surface area contributed by atoms with Crippen molar-refractivity contribution < 1.29 is 23.5 Å². The van der Waals surface area contributed by atoms with Crippen molar-refractivity contribution in [2.45, 2.75) is 33.7 Å². The molecule has 2 aromatic rings. The number of carbonyl (C=O) groups is 2. The lowest BCUT2D eigenvalue weighted by molar-refractivity contribution is -0.144. The number of rotatable bonds is 9. The molecule has 0 saturated heterocycles. The summed E-state index contributed by atoms with van der Waals surface area (Å²) < 4.78 is 23.8. The van der Waals surface area contributed by atoms with Crippen molar-refractivity contribution >= 4 is 11.9 Å². The van der Waals surface area contributed by atoms with E-state index in [0.29, 0.717) is 12.4 Å². The molecule has 2 rings (SSSR count). The van der Waals surface area contributed by atoms with Crippen LogP contribution < -0.4 is 4.74 Å². The van der Waals surface area contributed by atoms with Gasteiger partial charge in [0.25, 0.3) is 5.91 Å². The molecule has 0 aliphatic rings. The van der Waals surface area contributed by atoms with E-state index in [4.69, 9.17) is 9.47 Å². The van der Waals surface area contributed by atoms with Gasteiger partial charge in [0.05, 0.1) is 13.0 Å². The Balaban J connectivity index is 2.06. The van der Waals surface area contributed by atoms with E-state index < -0.39 is 0 Å². The van der Waals surface area contributed by atoms with Gasteiger partial charge in [-0.3, -0.25) is 9.59 Å². The van der Waals surface area contributed by atoms with E-state index in [1.54, 1.807) is 19.1 Å². The standard InChI is InChI=1S/C22H26FNO4/c1-4-27-21(26)12-13-24(14-18-8-10-19(23)11-9-18)20(25)15-28-22-16(2)6-5-7-17(22)3/h5-11H,4,12-15H2,1-3H3. The van der Waals surface area contributed by atoms with E-state index in [1.165, 1.54) is 17.0 Å². The number of ether oxygens (including phenoxy) is 2. The van der Waals surface area contributed by atoms with Gasteiger partial charge in [-0.15, -0.1) is 0 Å². The third kappa shape index (κ3) is 6.37. The maximum Gasteiger partial charge on any atom is 0.307 e. The van der Waals surface area contributed by atoms with Gasteiger partial charge in [0.1, 0.15) is 11.6 Å². The number of esters is 1. The summed E-state index contributed by atoms with van der Waals surface area (Å²) in [5, 5.41) is 0. The molecule has 0 heterocycles. The summed E-state index contributed by atoms with van der Waals surface area (Å²) in [6.45, 7) is 6.18. The summed E-state index contributed by atoms with van der Waals surface area (Å²) in [4.78, 5) is 26.0. The fourth-order valence-corrected chi connectivity index (χ4v) is 2.81. The topological polar surface area (TPSA) is 55.8 Å². The Morgan fingerprint density at radius 1 is 1.04 bits per heavy atom. The van der Waals surface area contributed by atoms with Crippen molar-refractivity contribution in [3.8, 4) is 5.75 Å². The molecule has 0 aliphatic carbocycles. The number of para-hydroxylation sites is 1. The first-order valence-electron chi connectivity index (χ1n) is 9.27. The molecule has 0 radical (unpaired) electrons. The predicted octanol–water partition coefficient (Wildman–Crippen LogP) is 3.80. The molecule has 0 bridgehead atoms. The molecule has 6 heteroatoms. The molecule has 0 unspecified atom stereocenters. The van der Waals surface area contributed by atoms with E-state index in [-0.39, 0.29) is 43.8 Å². The number of halogens is 1. The van der Waals surface area contributed by atoms with Gasteiger partial charge in [-0.1, -0.05) is 30.3 Å². The molecule has 1 amide bonds. The molecular weight excluding hydrogens is 361 g/mol. The van der Waals surface area contributed by atoms with Gasteiger partial charge < -0.3 is 14.4 Å². The second-order valence-corrected chi connectivity index (χ2v) is 6.51. The van der Waals surface area contributed by atoms with Crippen molar-refractivity contribution in [1.82, 2.24) is 4.90 Å². The van der Waals surface area contributed by atoms with Crippen LogP contribution >= 0.6 is 0 Å². The van der Waals surface area contributed by atoms with Gasteiger partial charge in [0.15, 0.2) is 6.61 Å². The highest BCUT2D eigenvalue weighted by atomic mass is 19.1. The van der Waals surface area contributed by atoms with Crippen LogP contribution in [0.2, 0.25) is 0 Å². The van der Waals surface area contributed by atoms with Gasteiger partial charge in [-0.2, -0.15) is 0 Å². The van der Waals surface area contributed by atoms with Crippen LogP contribution in [0, 0.1) is 19.7 Å². The van der Waals surface area contributed by atoms with Gasteiger partial charge in [-0.05, 0) is 49.6 Å². The van der Waals surface area contributed by atoms with Crippen LogP contribution in [0.5, 0.6) is 5.75 Å². The molecule has 150 valence electrons. The van der Waals surface area contributed by atoms with E-state index in [2.05, 4.69) is 0 Å². The zero-order valence-electron chi connectivity index (χ0n) is 16.5. The van der Waals surface area contributed by atoms with Crippen LogP contribution in [-0.4, -0.2) is 36.5 Å². The molecule has 28 heavy (non-hydrogen) atoms. The Morgan fingerprint density at radius 2 is 1.68 bits per heavy atom. The fourth-order valence-electron chi connectivity index (χ4n) is 2.81. The average molecular weight is 387 g/mol. The highest BCUT2D eigenvalue weighted by Crippen LogP contribution is 2.22. The Labute approximate surface area is 165 Å². The van der Waals surface area contributed by atoms with Gasteiger partial charge in [0, 0.05) is 13.1 Å². The SMILES string of the molecule is CCOC(=O)CCN(Cc1ccc(F)cc1)C(=O)COc1c(C)cccc1C. The third-order valence-corrected chi connectivity index (χ3v) is 4.28. The quantitative estimate of drug-likeness (QED) is 0.614. The number of nitrogens with zero attached hydrogens (tertiary/aromatic N) is 1. The molecule has 0 saturated carbocycles. The Morgan fingerprint density at radius 3 is 2.29 bits per heavy atom. The number of hydrogen-bond donors (Lipinski definition) is 0. The number of aryl methyl sites for hydroxylation is 2. The van der Waals surface area contributed by atoms with Crippen LogP contribution in [0.15, 0.2) is 42.5 Å². The minimum Gasteiger partial charge on any atom is -0.483 e. The first kappa shape index (κ1) is 21.4. The first-order chi connectivity index (χ1) is 13.4. The summed E-state index contributed by atoms with van der Waals surface area (Å²) >= 11 is 0. The van der Waals surface area contributed by atoms with Crippen LogP contribution in [0.25, 0.3) is 0 Å². The van der Waals surface area contributed by atoms with Crippen molar-refractivity contribution in [3.05, 3.63) is 65.0 Å². The number of amides is 1. The molecule has 2 aromatic carbocycles. The molecule has 0 fully saturated rings. The van der Waals surface area contributed by atoms with E-state index in [9.17, 15) is 14.0 Å². The zero-order chi connectivity index (χ0) is 20.5. The third-order valence-electron chi connectivity index (χ3n) is 4.28. The second-order valence-electron chi connectivity index (χ2n) is 6.51. The van der Waals surface area contributed by atoms with E-state index in [1.807, 2.05) is 32.0 Å². The average Bonchev–Trinajstić information content (AvgIpc) is 2.66. The molecular formula is C22H26FNO4. The maximum absolute atomic E-state index is 13.1. The molecule has 0 aromatic heterocycles. The van der Waals surface area contributed by atoms with Crippen LogP contribution in [-0.2, 0) is 20.9 Å². The summed E-state index contributed by atoms with van der Waals surface area (Å²) in [6.07, 6.45) is 0.0875. The van der Waals surface area contributed by atoms with Crippen LogP contribution in [0.1, 0.15) is 30.0 Å². The lowest BCUT2D eigenvalue weighted by Gasteiger charge is -2.23. The van der Waals surface area contributed by atoms with Crippen molar-refractivity contribution in [3.63, 3.8) is 0 Å². The summed E-state index contributed by atoms with van der Waals surface area (Å²) in [7, 11) is 0. The van der Waals surface area contributed by atoms with Crippen LogP contribution in [0.3, 0.4) is 0 Å². The second kappa shape index (κ2) is 10.4. The number of hydrogen-bond acceptors (Lipinski definition) is 4. The largest absolute Gasteiger partial charge is 0.483 e. The highest BCUT2D eigenvalue weighted by Gasteiger charge is 2.18. The van der Waals surface area contributed by atoms with Gasteiger partial charge >= 0.3 is 5.97 Å². The normalized spacial score (nSPS) is 10.4. The zero-order valence-corrected chi connectivity index (χ0v) is 16.5. The monoisotopic (exact) mass is 387 g/mol. The minimum atomic E-state index is -0.366. The van der Waals surface area contributed by atoms with Crippen molar-refractivity contribution in [2.24, 2.45) is 0 Å². The van der Waals surface area contributed by atoms with Crippen molar-refractivity contribution in [1.29, 1.82) is 0 Å². The molecule has 0 N–H and O–H groups in total. The lowest BCUT2D eigenvalue weighted by atomic mass is 10.1. The minimum absolute atomic E-state index is 0.0875. The fraction of sp³-hybridized carbons (Fsp3) is 0.364. The van der Waals surface area contributed by atoms with Crippen LogP contribution in [0.4, 0.5) is 4.39 Å². The lowest BCUT2D eigenvalue weighted by Crippen LogP contribution is -2.36. The maximum atomic E-state index is 13.1. The van der Waals surface area contributed by atoms with Gasteiger partial charge in [-0.25, -0.2) is 4.39 Å². The summed E-state index contributed by atoms with van der Waals surface area (Å²) in [6, 6.07) is 11.7. The summed E-state index contributed by atoms with van der Waals surface area (Å²) in [5.74, 6) is -0.277. The Bertz CT molecular complexity index is 784. The molecule has 0 spiro atoms. The highest BCUT2D eigenvalue weighted by molar-refractivity contribution is 5.78. The number of benzene rings is 2. The molecule has 5 nitrogen and oxygen atoms in total. The van der Waals surface area contributed by atoms with E-state index in [0.717, 1.165) is 16.7 Å². The van der Waals surface area contributed by atoms with E-state index >= 15 is 0 Å². The predicted molar refractivity (Wildman–Crippen MR) is 104 cm³/mol.